The fraction of sp³-hybridized carbons (Fsp3) is 1.00. The van der Waals surface area contributed by atoms with Crippen molar-refractivity contribution in [1.29, 1.82) is 0 Å². The summed E-state index contributed by atoms with van der Waals surface area (Å²) in [5, 5.41) is 0. The second kappa shape index (κ2) is 18.9. The van der Waals surface area contributed by atoms with E-state index < -0.39 is 0 Å². The topological polar surface area (TPSA) is 52.0 Å². The van der Waals surface area contributed by atoms with Gasteiger partial charge in [0, 0.05) is 5.88 Å². The third kappa shape index (κ3) is 29.6. The summed E-state index contributed by atoms with van der Waals surface area (Å²) in [5.41, 5.74) is 0. The summed E-state index contributed by atoms with van der Waals surface area (Å²) in [7, 11) is 0. The maximum absolute atomic E-state index is 5.19. The first-order valence-corrected chi connectivity index (χ1v) is 2.34. The molecule has 2 nitrogen and oxygen atoms in total. The maximum Gasteiger partial charge on any atom is 0.0220 e. The molecule has 0 aromatic rings. The van der Waals surface area contributed by atoms with Crippen molar-refractivity contribution in [2.45, 2.75) is 13.3 Å². The van der Waals surface area contributed by atoms with Gasteiger partial charge < -0.3 is 0 Å². The van der Waals surface area contributed by atoms with Crippen LogP contribution in [0.4, 0.5) is 0 Å². The van der Waals surface area contributed by atoms with Crippen LogP contribution in [0.25, 0.3) is 0 Å². The zero-order valence-corrected chi connectivity index (χ0v) is 4.70. The molecule has 0 heterocycles. The van der Waals surface area contributed by atoms with Crippen molar-refractivity contribution >= 4 is 11.6 Å². The van der Waals surface area contributed by atoms with Crippen molar-refractivity contribution in [3.8, 4) is 0 Å². The molecule has 0 aromatic heterocycles. The van der Waals surface area contributed by atoms with Crippen LogP contribution in [0.2, 0.25) is 0 Å². The zero-order valence-electron chi connectivity index (χ0n) is 3.95. The van der Waals surface area contributed by atoms with Gasteiger partial charge in [-0.2, -0.15) is 0 Å². The molecule has 0 aliphatic carbocycles. The van der Waals surface area contributed by atoms with Crippen molar-refractivity contribution in [2.75, 3.05) is 5.88 Å². The monoisotopic (exact) mass is 110 g/mol. The third-order valence-corrected chi connectivity index (χ3v) is 0.567. The van der Waals surface area contributed by atoms with Crippen LogP contribution in [0.3, 0.4) is 0 Å². The Bertz CT molecular complexity index is 10.8. The highest BCUT2D eigenvalue weighted by Crippen LogP contribution is 1.75. The average molecular weight is 111 g/mol. The molecule has 0 atom stereocenters. The van der Waals surface area contributed by atoms with E-state index in [1.165, 1.54) is 0 Å². The van der Waals surface area contributed by atoms with E-state index in [2.05, 4.69) is 11.7 Å². The van der Waals surface area contributed by atoms with E-state index in [0.717, 1.165) is 12.3 Å². The first kappa shape index (κ1) is 9.51. The fourth-order valence-electron chi connectivity index (χ4n) is 0. The molecule has 0 spiro atoms. The van der Waals surface area contributed by atoms with Gasteiger partial charge >= 0.3 is 0 Å². The van der Waals surface area contributed by atoms with Gasteiger partial charge in [0.15, 0.2) is 0 Å². The summed E-state index contributed by atoms with van der Waals surface area (Å²) in [4.78, 5) is 0. The van der Waals surface area contributed by atoms with Gasteiger partial charge in [-0.15, -0.1) is 11.6 Å². The first-order chi connectivity index (χ1) is 2.91. The molecule has 0 unspecified atom stereocenters. The van der Waals surface area contributed by atoms with Crippen LogP contribution < -0.4 is 11.7 Å². The van der Waals surface area contributed by atoms with Gasteiger partial charge in [-0.05, 0) is 6.42 Å². The van der Waals surface area contributed by atoms with Crippen molar-refractivity contribution in [3.63, 3.8) is 0 Å². The Morgan fingerprint density at radius 3 is 1.67 bits per heavy atom. The Kier molecular flexibility index (Phi) is 30.0. The number of halogens is 1. The summed E-state index contributed by atoms with van der Waals surface area (Å²) in [6.07, 6.45) is 1.08. The SMILES string of the molecule is CCCCl.NN. The van der Waals surface area contributed by atoms with Crippen molar-refractivity contribution < 1.29 is 0 Å². The third-order valence-electron chi connectivity index (χ3n) is 0.189. The maximum atomic E-state index is 5.19. The van der Waals surface area contributed by atoms with Gasteiger partial charge in [0.2, 0.25) is 0 Å². The minimum Gasteiger partial charge on any atom is -0.274 e. The van der Waals surface area contributed by atoms with E-state index in [1.54, 1.807) is 0 Å². The molecular weight excluding hydrogens is 99.5 g/mol. The predicted octanol–water partition coefficient (Wildman–Crippen LogP) is 0.454. The largest absolute Gasteiger partial charge is 0.274 e. The van der Waals surface area contributed by atoms with Crippen molar-refractivity contribution in [2.24, 2.45) is 11.7 Å². The van der Waals surface area contributed by atoms with Gasteiger partial charge in [0.05, 0.1) is 0 Å². The molecule has 0 radical (unpaired) electrons. The molecule has 0 aromatic carbocycles. The molecule has 0 saturated carbocycles. The second-order valence-electron chi connectivity index (χ2n) is 0.689. The molecule has 40 valence electrons. The van der Waals surface area contributed by atoms with E-state index >= 15 is 0 Å². The Balaban J connectivity index is 0. The zero-order chi connectivity index (χ0) is 5.41. The van der Waals surface area contributed by atoms with Crippen LogP contribution in [0, 0.1) is 0 Å². The standard InChI is InChI=1S/C3H7Cl.H4N2/c1-2-3-4;1-2/h2-3H2,1H3;1-2H2. The summed E-state index contributed by atoms with van der Waals surface area (Å²) in [6.45, 7) is 2.05. The minimum absolute atomic E-state index is 0.792. The normalized spacial score (nSPS) is 6.00. The summed E-state index contributed by atoms with van der Waals surface area (Å²) >= 11 is 5.19. The number of rotatable bonds is 1. The molecule has 0 fully saturated rings. The van der Waals surface area contributed by atoms with Crippen LogP contribution in [0.15, 0.2) is 0 Å². The van der Waals surface area contributed by atoms with Crippen LogP contribution in [-0.4, -0.2) is 5.88 Å². The summed E-state index contributed by atoms with van der Waals surface area (Å²) < 4.78 is 0. The smallest absolute Gasteiger partial charge is 0.0220 e. The Hall–Kier alpha value is 0.210. The number of alkyl halides is 1. The molecule has 6 heavy (non-hydrogen) atoms. The first-order valence-electron chi connectivity index (χ1n) is 1.81. The van der Waals surface area contributed by atoms with Gasteiger partial charge in [-0.25, -0.2) is 0 Å². The fourth-order valence-corrected chi connectivity index (χ4v) is 0. The van der Waals surface area contributed by atoms with E-state index in [1.807, 2.05) is 6.92 Å². The Morgan fingerprint density at radius 2 is 1.67 bits per heavy atom. The Labute approximate surface area is 43.4 Å². The quantitative estimate of drug-likeness (QED) is 0.293. The van der Waals surface area contributed by atoms with E-state index in [9.17, 15) is 0 Å². The van der Waals surface area contributed by atoms with E-state index in [0.29, 0.717) is 0 Å². The average Bonchev–Trinajstić information content (AvgIpc) is 1.72. The van der Waals surface area contributed by atoms with Gasteiger partial charge in [0.1, 0.15) is 0 Å². The van der Waals surface area contributed by atoms with E-state index in [-0.39, 0.29) is 0 Å². The molecule has 0 aliphatic heterocycles. The number of hydrogen-bond acceptors (Lipinski definition) is 2. The molecule has 0 amide bonds. The molecule has 0 bridgehead atoms. The van der Waals surface area contributed by atoms with Crippen molar-refractivity contribution in [1.82, 2.24) is 0 Å². The summed E-state index contributed by atoms with van der Waals surface area (Å²) in [6, 6.07) is 0. The van der Waals surface area contributed by atoms with Crippen LogP contribution in [-0.2, 0) is 0 Å². The lowest BCUT2D eigenvalue weighted by Crippen LogP contribution is -2.02. The number of hydrazine groups is 1. The van der Waals surface area contributed by atoms with Crippen LogP contribution in [0.5, 0.6) is 0 Å². The van der Waals surface area contributed by atoms with Gasteiger partial charge in [0.25, 0.3) is 0 Å². The lowest BCUT2D eigenvalue weighted by Gasteiger charge is -1.65. The highest BCUT2D eigenvalue weighted by atomic mass is 35.5. The lowest BCUT2D eigenvalue weighted by molar-refractivity contribution is 1.10. The minimum atomic E-state index is 0.792. The molecule has 0 rings (SSSR count). The molecular formula is C3H11ClN2. The lowest BCUT2D eigenvalue weighted by atomic mass is 10.6. The highest BCUT2D eigenvalue weighted by molar-refractivity contribution is 6.17. The second-order valence-corrected chi connectivity index (χ2v) is 1.07. The number of hydrogen-bond donors (Lipinski definition) is 2. The molecule has 0 saturated heterocycles. The van der Waals surface area contributed by atoms with Gasteiger partial charge in [-0.1, -0.05) is 6.92 Å². The molecule has 3 heteroatoms. The highest BCUT2D eigenvalue weighted by Gasteiger charge is 1.59. The van der Waals surface area contributed by atoms with Crippen LogP contribution in [0.1, 0.15) is 13.3 Å². The Morgan fingerprint density at radius 1 is 1.50 bits per heavy atom. The molecule has 0 aliphatic rings. The van der Waals surface area contributed by atoms with Gasteiger partial charge in [-0.3, -0.25) is 11.7 Å². The number of nitrogens with two attached hydrogens (primary N) is 2. The summed E-state index contributed by atoms with van der Waals surface area (Å²) in [5.74, 6) is 8.79. The van der Waals surface area contributed by atoms with Crippen molar-refractivity contribution in [3.05, 3.63) is 0 Å². The van der Waals surface area contributed by atoms with E-state index in [4.69, 9.17) is 11.6 Å². The predicted molar refractivity (Wildman–Crippen MR) is 29.4 cm³/mol. The molecule has 4 N–H and O–H groups in total. The van der Waals surface area contributed by atoms with Crippen LogP contribution >= 0.6 is 11.6 Å².